The number of unbranched alkanes of at least 4 members (excludes halogenated alkanes) is 10. The SMILES string of the molecule is CCCCCCCCCC(C)CC/C=C/CCCC(C)CC(C)CCCCCC. The minimum atomic E-state index is 0.909. The smallest absolute Gasteiger partial charge is 0.0348 e. The molecule has 0 fully saturated rings. The van der Waals surface area contributed by atoms with E-state index in [0.717, 1.165) is 17.8 Å². The molecule has 0 bridgehead atoms. The van der Waals surface area contributed by atoms with Crippen LogP contribution >= 0.6 is 0 Å². The standard InChI is InChI=1S/C29H58/c1-6-8-10-12-13-15-19-22-27(3)23-20-16-14-17-21-25-29(5)26-28(4)24-18-11-9-7-2/h14,16,27-29H,6-13,15,17-26H2,1-5H3/b16-14+. The van der Waals surface area contributed by atoms with Crippen LogP contribution in [0.3, 0.4) is 0 Å². The molecule has 0 amide bonds. The van der Waals surface area contributed by atoms with Crippen molar-refractivity contribution in [2.24, 2.45) is 17.8 Å². The van der Waals surface area contributed by atoms with Gasteiger partial charge in [-0.15, -0.1) is 0 Å². The lowest BCUT2D eigenvalue weighted by Gasteiger charge is -2.17. The van der Waals surface area contributed by atoms with Crippen molar-refractivity contribution in [1.82, 2.24) is 0 Å². The summed E-state index contributed by atoms with van der Waals surface area (Å²) in [6, 6.07) is 0. The predicted molar refractivity (Wildman–Crippen MR) is 136 cm³/mol. The summed E-state index contributed by atoms with van der Waals surface area (Å²) >= 11 is 0. The molecule has 0 aliphatic carbocycles. The molecule has 29 heavy (non-hydrogen) atoms. The molecule has 0 spiro atoms. The molecule has 3 atom stereocenters. The maximum atomic E-state index is 2.47. The van der Waals surface area contributed by atoms with Crippen LogP contribution in [0.5, 0.6) is 0 Å². The lowest BCUT2D eigenvalue weighted by molar-refractivity contribution is 0.362. The van der Waals surface area contributed by atoms with E-state index >= 15 is 0 Å². The Labute approximate surface area is 186 Å². The average Bonchev–Trinajstić information content (AvgIpc) is 2.69. The number of allylic oxidation sites excluding steroid dienone is 2. The fourth-order valence-electron chi connectivity index (χ4n) is 4.64. The molecule has 0 N–H and O–H groups in total. The summed E-state index contributed by atoms with van der Waals surface area (Å²) in [6.07, 6.45) is 31.8. The Balaban J connectivity index is 3.47. The molecule has 3 unspecified atom stereocenters. The Hall–Kier alpha value is -0.260. The third kappa shape index (κ3) is 22.3. The van der Waals surface area contributed by atoms with Gasteiger partial charge in [-0.2, -0.15) is 0 Å². The normalized spacial score (nSPS) is 15.1. The van der Waals surface area contributed by atoms with E-state index in [0.29, 0.717) is 0 Å². The molecule has 0 saturated carbocycles. The first kappa shape index (κ1) is 28.7. The van der Waals surface area contributed by atoms with Crippen molar-refractivity contribution in [1.29, 1.82) is 0 Å². The van der Waals surface area contributed by atoms with E-state index in [9.17, 15) is 0 Å². The van der Waals surface area contributed by atoms with Gasteiger partial charge in [-0.05, 0) is 49.9 Å². The zero-order valence-corrected chi connectivity index (χ0v) is 21.3. The first-order valence-corrected chi connectivity index (χ1v) is 13.7. The molecule has 0 heterocycles. The zero-order valence-electron chi connectivity index (χ0n) is 21.3. The molecule has 0 nitrogen and oxygen atoms in total. The third-order valence-corrected chi connectivity index (χ3v) is 6.72. The van der Waals surface area contributed by atoms with Crippen molar-refractivity contribution >= 4 is 0 Å². The number of rotatable bonds is 22. The highest BCUT2D eigenvalue weighted by atomic mass is 14.1. The largest absolute Gasteiger partial charge is 0.0885 e. The van der Waals surface area contributed by atoms with E-state index in [4.69, 9.17) is 0 Å². The summed E-state index contributed by atoms with van der Waals surface area (Å²) < 4.78 is 0. The van der Waals surface area contributed by atoms with Gasteiger partial charge in [0.2, 0.25) is 0 Å². The summed E-state index contributed by atoms with van der Waals surface area (Å²) in [5.41, 5.74) is 0. The lowest BCUT2D eigenvalue weighted by Crippen LogP contribution is -2.03. The molecule has 0 saturated heterocycles. The molecule has 0 aromatic rings. The van der Waals surface area contributed by atoms with Gasteiger partial charge in [0.05, 0.1) is 0 Å². The molecule has 0 aliphatic heterocycles. The summed E-state index contributed by atoms with van der Waals surface area (Å²) in [5, 5.41) is 0. The van der Waals surface area contributed by atoms with Crippen molar-refractivity contribution < 1.29 is 0 Å². The van der Waals surface area contributed by atoms with Crippen LogP contribution in [0.25, 0.3) is 0 Å². The highest BCUT2D eigenvalue weighted by Crippen LogP contribution is 2.22. The Morgan fingerprint density at radius 2 is 0.897 bits per heavy atom. The van der Waals surface area contributed by atoms with E-state index in [1.165, 1.54) is 122 Å². The minimum Gasteiger partial charge on any atom is -0.0885 e. The molecular weight excluding hydrogens is 348 g/mol. The number of hydrogen-bond acceptors (Lipinski definition) is 0. The van der Waals surface area contributed by atoms with Gasteiger partial charge in [-0.25, -0.2) is 0 Å². The van der Waals surface area contributed by atoms with Crippen LogP contribution in [0.15, 0.2) is 12.2 Å². The first-order chi connectivity index (χ1) is 14.1. The Kier molecular flexibility index (Phi) is 22.2. The summed E-state index contributed by atoms with van der Waals surface area (Å²) in [4.78, 5) is 0. The van der Waals surface area contributed by atoms with E-state index in [1.54, 1.807) is 0 Å². The molecule has 0 aromatic heterocycles. The highest BCUT2D eigenvalue weighted by molar-refractivity contribution is 4.82. The van der Waals surface area contributed by atoms with E-state index in [1.807, 2.05) is 0 Å². The molecule has 0 rings (SSSR count). The summed E-state index contributed by atoms with van der Waals surface area (Å²) in [7, 11) is 0. The maximum Gasteiger partial charge on any atom is -0.0348 e. The summed E-state index contributed by atoms with van der Waals surface area (Å²) in [5.74, 6) is 2.75. The predicted octanol–water partition coefficient (Wildman–Crippen LogP) is 10.9. The summed E-state index contributed by atoms with van der Waals surface area (Å²) in [6.45, 7) is 12.0. The molecule has 0 aromatic carbocycles. The lowest BCUT2D eigenvalue weighted by atomic mass is 9.89. The van der Waals surface area contributed by atoms with Gasteiger partial charge in [0.25, 0.3) is 0 Å². The quantitative estimate of drug-likeness (QED) is 0.124. The molecular formula is C29H58. The second-order valence-electron chi connectivity index (χ2n) is 10.3. The van der Waals surface area contributed by atoms with Crippen LogP contribution in [-0.2, 0) is 0 Å². The van der Waals surface area contributed by atoms with Gasteiger partial charge in [0.1, 0.15) is 0 Å². The third-order valence-electron chi connectivity index (χ3n) is 6.72. The van der Waals surface area contributed by atoms with Crippen molar-refractivity contribution in [2.45, 2.75) is 157 Å². The van der Waals surface area contributed by atoms with Crippen LogP contribution in [0.2, 0.25) is 0 Å². The Bertz CT molecular complexity index is 329. The van der Waals surface area contributed by atoms with Gasteiger partial charge in [-0.1, -0.05) is 137 Å². The van der Waals surface area contributed by atoms with Crippen molar-refractivity contribution in [3.05, 3.63) is 12.2 Å². The van der Waals surface area contributed by atoms with E-state index < -0.39 is 0 Å². The molecule has 174 valence electrons. The zero-order chi connectivity index (χ0) is 21.6. The van der Waals surface area contributed by atoms with Gasteiger partial charge in [-0.3, -0.25) is 0 Å². The van der Waals surface area contributed by atoms with Crippen LogP contribution in [0.1, 0.15) is 157 Å². The van der Waals surface area contributed by atoms with E-state index in [2.05, 4.69) is 46.8 Å². The second-order valence-corrected chi connectivity index (χ2v) is 10.3. The number of hydrogen-bond donors (Lipinski definition) is 0. The van der Waals surface area contributed by atoms with Crippen molar-refractivity contribution in [2.75, 3.05) is 0 Å². The fourth-order valence-corrected chi connectivity index (χ4v) is 4.64. The van der Waals surface area contributed by atoms with Crippen molar-refractivity contribution in [3.63, 3.8) is 0 Å². The van der Waals surface area contributed by atoms with Crippen molar-refractivity contribution in [3.8, 4) is 0 Å². The van der Waals surface area contributed by atoms with Gasteiger partial charge in [0.15, 0.2) is 0 Å². The first-order valence-electron chi connectivity index (χ1n) is 13.7. The van der Waals surface area contributed by atoms with Crippen LogP contribution < -0.4 is 0 Å². The molecule has 0 heteroatoms. The second kappa shape index (κ2) is 22.4. The van der Waals surface area contributed by atoms with Gasteiger partial charge < -0.3 is 0 Å². The van der Waals surface area contributed by atoms with Crippen LogP contribution in [-0.4, -0.2) is 0 Å². The highest BCUT2D eigenvalue weighted by Gasteiger charge is 2.08. The average molecular weight is 407 g/mol. The fraction of sp³-hybridized carbons (Fsp3) is 0.931. The maximum absolute atomic E-state index is 2.47. The Morgan fingerprint density at radius 3 is 1.52 bits per heavy atom. The van der Waals surface area contributed by atoms with Crippen LogP contribution in [0.4, 0.5) is 0 Å². The Morgan fingerprint density at radius 1 is 0.448 bits per heavy atom. The molecule has 0 aliphatic rings. The monoisotopic (exact) mass is 406 g/mol. The van der Waals surface area contributed by atoms with Gasteiger partial charge in [0, 0.05) is 0 Å². The minimum absolute atomic E-state index is 0.909. The van der Waals surface area contributed by atoms with Crippen LogP contribution in [0, 0.1) is 17.8 Å². The molecule has 0 radical (unpaired) electrons. The van der Waals surface area contributed by atoms with Gasteiger partial charge >= 0.3 is 0 Å². The van der Waals surface area contributed by atoms with E-state index in [-0.39, 0.29) is 0 Å². The topological polar surface area (TPSA) is 0 Å².